The monoisotopic (exact) mass is 307 g/mol. The Hall–Kier alpha value is -1.38. The van der Waals surface area contributed by atoms with E-state index in [1.54, 1.807) is 17.4 Å². The SMILES string of the molecule is Cc1nc(CNc2cc(Br)ccc2C#N)cs1. The summed E-state index contributed by atoms with van der Waals surface area (Å²) in [5.74, 6) is 0. The van der Waals surface area contributed by atoms with Crippen LogP contribution < -0.4 is 5.32 Å². The molecule has 2 rings (SSSR count). The molecular weight excluding hydrogens is 298 g/mol. The highest BCUT2D eigenvalue weighted by molar-refractivity contribution is 9.10. The van der Waals surface area contributed by atoms with Gasteiger partial charge in [0.05, 0.1) is 28.5 Å². The lowest BCUT2D eigenvalue weighted by Gasteiger charge is -2.06. The highest BCUT2D eigenvalue weighted by Gasteiger charge is 2.03. The summed E-state index contributed by atoms with van der Waals surface area (Å²) in [6.07, 6.45) is 0. The molecule has 0 unspecified atom stereocenters. The van der Waals surface area contributed by atoms with Crippen LogP contribution in [0.2, 0.25) is 0 Å². The Morgan fingerprint density at radius 3 is 3.00 bits per heavy atom. The molecule has 0 bridgehead atoms. The second kappa shape index (κ2) is 5.30. The van der Waals surface area contributed by atoms with Gasteiger partial charge in [0, 0.05) is 9.85 Å². The van der Waals surface area contributed by atoms with Gasteiger partial charge in [0.1, 0.15) is 6.07 Å². The first kappa shape index (κ1) is 12.1. The van der Waals surface area contributed by atoms with E-state index in [1.807, 2.05) is 24.4 Å². The second-order valence-corrected chi connectivity index (χ2v) is 5.49. The van der Waals surface area contributed by atoms with Crippen molar-refractivity contribution >= 4 is 33.0 Å². The number of aromatic nitrogens is 1. The van der Waals surface area contributed by atoms with Crippen molar-refractivity contribution in [3.8, 4) is 6.07 Å². The lowest BCUT2D eigenvalue weighted by atomic mass is 10.2. The first-order chi connectivity index (χ1) is 8.19. The molecule has 0 aliphatic heterocycles. The summed E-state index contributed by atoms with van der Waals surface area (Å²) in [5.41, 5.74) is 2.46. The highest BCUT2D eigenvalue weighted by Crippen LogP contribution is 2.21. The number of hydrogen-bond acceptors (Lipinski definition) is 4. The van der Waals surface area contributed by atoms with E-state index in [4.69, 9.17) is 5.26 Å². The van der Waals surface area contributed by atoms with Crippen LogP contribution in [-0.2, 0) is 6.54 Å². The average molecular weight is 308 g/mol. The standard InChI is InChI=1S/C12H10BrN3S/c1-8-16-11(7-17-8)6-15-12-4-10(13)3-2-9(12)5-14/h2-4,7,15H,6H2,1H3. The number of nitrogens with zero attached hydrogens (tertiary/aromatic N) is 2. The van der Waals surface area contributed by atoms with E-state index in [2.05, 4.69) is 32.3 Å². The normalized spacial score (nSPS) is 9.94. The van der Waals surface area contributed by atoms with Crippen molar-refractivity contribution in [2.24, 2.45) is 0 Å². The molecule has 0 saturated carbocycles. The highest BCUT2D eigenvalue weighted by atomic mass is 79.9. The van der Waals surface area contributed by atoms with Gasteiger partial charge in [-0.25, -0.2) is 4.98 Å². The van der Waals surface area contributed by atoms with Crippen LogP contribution in [0.1, 0.15) is 16.3 Å². The third-order valence-electron chi connectivity index (χ3n) is 2.23. The van der Waals surface area contributed by atoms with Gasteiger partial charge in [-0.1, -0.05) is 15.9 Å². The van der Waals surface area contributed by atoms with Crippen molar-refractivity contribution in [2.75, 3.05) is 5.32 Å². The zero-order valence-electron chi connectivity index (χ0n) is 9.20. The molecule has 1 aromatic heterocycles. The zero-order chi connectivity index (χ0) is 12.3. The van der Waals surface area contributed by atoms with Crippen molar-refractivity contribution in [2.45, 2.75) is 13.5 Å². The molecule has 1 aromatic carbocycles. The summed E-state index contributed by atoms with van der Waals surface area (Å²) in [6, 6.07) is 7.71. The topological polar surface area (TPSA) is 48.7 Å². The summed E-state index contributed by atoms with van der Waals surface area (Å²) in [4.78, 5) is 4.37. The zero-order valence-corrected chi connectivity index (χ0v) is 11.6. The van der Waals surface area contributed by atoms with E-state index in [9.17, 15) is 0 Å². The van der Waals surface area contributed by atoms with Crippen LogP contribution in [0.5, 0.6) is 0 Å². The Balaban J connectivity index is 2.13. The number of hydrogen-bond donors (Lipinski definition) is 1. The molecule has 17 heavy (non-hydrogen) atoms. The number of nitrogens with one attached hydrogen (secondary N) is 1. The maximum Gasteiger partial charge on any atom is 0.101 e. The minimum Gasteiger partial charge on any atom is -0.378 e. The van der Waals surface area contributed by atoms with Gasteiger partial charge in [-0.05, 0) is 25.1 Å². The second-order valence-electron chi connectivity index (χ2n) is 3.51. The quantitative estimate of drug-likeness (QED) is 0.940. The third-order valence-corrected chi connectivity index (χ3v) is 3.54. The number of halogens is 1. The number of thiazole rings is 1. The van der Waals surface area contributed by atoms with Crippen molar-refractivity contribution in [3.63, 3.8) is 0 Å². The molecule has 0 saturated heterocycles. The van der Waals surface area contributed by atoms with E-state index in [0.717, 1.165) is 20.9 Å². The smallest absolute Gasteiger partial charge is 0.101 e. The maximum atomic E-state index is 8.99. The molecule has 0 atom stereocenters. The molecule has 0 spiro atoms. The van der Waals surface area contributed by atoms with Crippen LogP contribution in [0.25, 0.3) is 0 Å². The lowest BCUT2D eigenvalue weighted by Crippen LogP contribution is -2.01. The van der Waals surface area contributed by atoms with Gasteiger partial charge in [-0.15, -0.1) is 11.3 Å². The Kier molecular flexibility index (Phi) is 3.77. The Morgan fingerprint density at radius 2 is 2.35 bits per heavy atom. The van der Waals surface area contributed by atoms with Gasteiger partial charge in [-0.2, -0.15) is 5.26 Å². The largest absolute Gasteiger partial charge is 0.378 e. The minimum atomic E-state index is 0.634. The molecule has 3 nitrogen and oxygen atoms in total. The van der Waals surface area contributed by atoms with Crippen molar-refractivity contribution < 1.29 is 0 Å². The molecule has 0 fully saturated rings. The van der Waals surface area contributed by atoms with E-state index < -0.39 is 0 Å². The molecule has 86 valence electrons. The Morgan fingerprint density at radius 1 is 1.53 bits per heavy atom. The van der Waals surface area contributed by atoms with E-state index in [0.29, 0.717) is 12.1 Å². The summed E-state index contributed by atoms with van der Waals surface area (Å²) in [6.45, 7) is 2.61. The van der Waals surface area contributed by atoms with Gasteiger partial charge >= 0.3 is 0 Å². The summed E-state index contributed by atoms with van der Waals surface area (Å²) >= 11 is 5.02. The molecule has 0 radical (unpaired) electrons. The molecule has 0 aliphatic rings. The van der Waals surface area contributed by atoms with E-state index >= 15 is 0 Å². The van der Waals surface area contributed by atoms with Gasteiger partial charge < -0.3 is 5.32 Å². The molecular formula is C12H10BrN3S. The Labute approximate surface area is 112 Å². The molecule has 1 heterocycles. The third kappa shape index (κ3) is 3.05. The molecule has 0 amide bonds. The number of anilines is 1. The van der Waals surface area contributed by atoms with Crippen molar-refractivity contribution in [3.05, 3.63) is 44.3 Å². The summed E-state index contributed by atoms with van der Waals surface area (Å²) in [7, 11) is 0. The fourth-order valence-corrected chi connectivity index (χ4v) is 2.41. The number of benzene rings is 1. The van der Waals surface area contributed by atoms with Gasteiger partial charge in [0.15, 0.2) is 0 Å². The molecule has 0 aliphatic carbocycles. The van der Waals surface area contributed by atoms with Crippen molar-refractivity contribution in [1.29, 1.82) is 5.26 Å². The number of rotatable bonds is 3. The number of aryl methyl sites for hydroxylation is 1. The van der Waals surface area contributed by atoms with Crippen LogP contribution in [0.15, 0.2) is 28.1 Å². The summed E-state index contributed by atoms with van der Waals surface area (Å²) in [5, 5.41) is 15.3. The molecule has 5 heteroatoms. The van der Waals surface area contributed by atoms with Gasteiger partial charge in [0.25, 0.3) is 0 Å². The van der Waals surface area contributed by atoms with Crippen LogP contribution in [0.3, 0.4) is 0 Å². The van der Waals surface area contributed by atoms with Crippen LogP contribution in [0.4, 0.5) is 5.69 Å². The minimum absolute atomic E-state index is 0.634. The molecule has 1 N–H and O–H groups in total. The fraction of sp³-hybridized carbons (Fsp3) is 0.167. The van der Waals surface area contributed by atoms with E-state index in [-0.39, 0.29) is 0 Å². The van der Waals surface area contributed by atoms with Gasteiger partial charge in [-0.3, -0.25) is 0 Å². The van der Waals surface area contributed by atoms with E-state index in [1.165, 1.54) is 0 Å². The fourth-order valence-electron chi connectivity index (χ4n) is 1.44. The summed E-state index contributed by atoms with van der Waals surface area (Å²) < 4.78 is 0.952. The van der Waals surface area contributed by atoms with Crippen LogP contribution in [-0.4, -0.2) is 4.98 Å². The first-order valence-electron chi connectivity index (χ1n) is 5.03. The predicted molar refractivity (Wildman–Crippen MR) is 73.0 cm³/mol. The van der Waals surface area contributed by atoms with Crippen LogP contribution >= 0.6 is 27.3 Å². The van der Waals surface area contributed by atoms with Gasteiger partial charge in [0.2, 0.25) is 0 Å². The molecule has 2 aromatic rings. The van der Waals surface area contributed by atoms with Crippen LogP contribution in [0, 0.1) is 18.3 Å². The lowest BCUT2D eigenvalue weighted by molar-refractivity contribution is 1.05. The Bertz CT molecular complexity index is 571. The first-order valence-corrected chi connectivity index (χ1v) is 6.71. The predicted octanol–water partition coefficient (Wildman–Crippen LogP) is 3.70. The van der Waals surface area contributed by atoms with Crippen molar-refractivity contribution in [1.82, 2.24) is 4.98 Å². The number of nitriles is 1. The average Bonchev–Trinajstić information content (AvgIpc) is 2.73. The maximum absolute atomic E-state index is 8.99.